The van der Waals surface area contributed by atoms with Gasteiger partial charge in [-0.1, -0.05) is 12.1 Å². The first-order valence-electron chi connectivity index (χ1n) is 9.15. The lowest BCUT2D eigenvalue weighted by molar-refractivity contribution is -0.141. The van der Waals surface area contributed by atoms with E-state index in [9.17, 15) is 27.5 Å². The summed E-state index contributed by atoms with van der Waals surface area (Å²) in [6.45, 7) is 1.81. The van der Waals surface area contributed by atoms with Crippen LogP contribution in [0.5, 0.6) is 0 Å². The van der Waals surface area contributed by atoms with Crippen LogP contribution in [0.15, 0.2) is 53.4 Å². The summed E-state index contributed by atoms with van der Waals surface area (Å²) in [4.78, 5) is 25.7. The van der Waals surface area contributed by atoms with Crippen LogP contribution >= 0.6 is 0 Å². The molecule has 0 radical (unpaired) electrons. The van der Waals surface area contributed by atoms with Crippen molar-refractivity contribution in [3.8, 4) is 0 Å². The molecule has 2 aromatic rings. The molecule has 0 aliphatic carbocycles. The second-order valence-corrected chi connectivity index (χ2v) is 8.74. The van der Waals surface area contributed by atoms with Crippen LogP contribution in [0.4, 0.5) is 4.39 Å². The number of carbonyl (C=O) groups is 2. The van der Waals surface area contributed by atoms with Crippen molar-refractivity contribution in [1.29, 1.82) is 0 Å². The Morgan fingerprint density at radius 3 is 2.17 bits per heavy atom. The molecule has 1 aliphatic heterocycles. The summed E-state index contributed by atoms with van der Waals surface area (Å²) in [7, 11) is -3.05. The van der Waals surface area contributed by atoms with Gasteiger partial charge in [0.05, 0.1) is 18.1 Å². The Hall–Kier alpha value is -2.82. The molecule has 1 amide bonds. The molecular formula is C20H21FN2O6S. The van der Waals surface area contributed by atoms with Gasteiger partial charge in [0, 0.05) is 25.7 Å². The lowest BCUT2D eigenvalue weighted by Crippen LogP contribution is -2.40. The average molecular weight is 436 g/mol. The molecule has 160 valence electrons. The summed E-state index contributed by atoms with van der Waals surface area (Å²) in [5, 5.41) is 9.58. The van der Waals surface area contributed by atoms with E-state index in [0.29, 0.717) is 36.2 Å². The Bertz CT molecular complexity index is 1020. The second kappa shape index (κ2) is 8.90. The van der Waals surface area contributed by atoms with Gasteiger partial charge in [0.2, 0.25) is 10.0 Å². The highest BCUT2D eigenvalue weighted by Gasteiger charge is 2.34. The number of halogens is 1. The molecule has 1 fully saturated rings. The van der Waals surface area contributed by atoms with Gasteiger partial charge in [-0.25, -0.2) is 12.8 Å². The van der Waals surface area contributed by atoms with Gasteiger partial charge in [0.25, 0.3) is 5.91 Å². The number of aliphatic carboxylic acids is 1. The molecule has 1 aliphatic rings. The van der Waals surface area contributed by atoms with E-state index in [-0.39, 0.29) is 16.4 Å². The maximum atomic E-state index is 13.2. The molecule has 0 saturated carbocycles. The topological polar surface area (TPSA) is 104 Å². The Labute approximate surface area is 173 Å². The van der Waals surface area contributed by atoms with E-state index in [1.54, 1.807) is 4.90 Å². The molecule has 10 heteroatoms. The number of hydrogen-bond acceptors (Lipinski definition) is 5. The highest BCUT2D eigenvalue weighted by atomic mass is 32.2. The van der Waals surface area contributed by atoms with Gasteiger partial charge in [0.1, 0.15) is 11.9 Å². The molecule has 1 heterocycles. The maximum Gasteiger partial charge on any atom is 0.326 e. The number of rotatable bonds is 6. The van der Waals surface area contributed by atoms with Gasteiger partial charge in [-0.15, -0.1) is 0 Å². The quantitative estimate of drug-likeness (QED) is 0.740. The van der Waals surface area contributed by atoms with Crippen LogP contribution in [0.2, 0.25) is 0 Å². The summed E-state index contributed by atoms with van der Waals surface area (Å²) >= 11 is 0. The molecule has 3 rings (SSSR count). The molecule has 1 unspecified atom stereocenters. The van der Waals surface area contributed by atoms with Crippen molar-refractivity contribution >= 4 is 21.9 Å². The number of likely N-dealkylation sites (N-methyl/N-ethyl adjacent to an activating group) is 1. The smallest absolute Gasteiger partial charge is 0.326 e. The van der Waals surface area contributed by atoms with Crippen LogP contribution < -0.4 is 0 Å². The molecule has 0 spiro atoms. The van der Waals surface area contributed by atoms with E-state index < -0.39 is 27.9 Å². The van der Waals surface area contributed by atoms with E-state index in [4.69, 9.17) is 4.74 Å². The molecule has 1 saturated heterocycles. The molecular weight excluding hydrogens is 415 g/mol. The molecule has 2 aromatic carbocycles. The largest absolute Gasteiger partial charge is 0.480 e. The first kappa shape index (κ1) is 21.9. The fourth-order valence-corrected chi connectivity index (χ4v) is 4.48. The minimum absolute atomic E-state index is 0.120. The molecule has 0 aromatic heterocycles. The summed E-state index contributed by atoms with van der Waals surface area (Å²) in [5.74, 6) is -2.19. The van der Waals surface area contributed by atoms with E-state index in [0.717, 1.165) is 19.2 Å². The monoisotopic (exact) mass is 436 g/mol. The standard InChI is InChI=1S/C20H21FN2O6S/c1-22(18(20(25)26)14-2-6-16(21)7-3-14)30(27,28)17-8-4-15(5-9-17)19(24)23-10-12-29-13-11-23/h2-9,18H,10-13H2,1H3,(H,25,26). The number of nitrogens with zero attached hydrogens (tertiary/aromatic N) is 2. The van der Waals surface area contributed by atoms with Gasteiger partial charge in [-0.3, -0.25) is 9.59 Å². The number of hydrogen-bond donors (Lipinski definition) is 1. The van der Waals surface area contributed by atoms with Gasteiger partial charge in [0.15, 0.2) is 0 Å². The third kappa shape index (κ3) is 4.50. The van der Waals surface area contributed by atoms with Crippen LogP contribution in [0.3, 0.4) is 0 Å². The van der Waals surface area contributed by atoms with Gasteiger partial charge in [-0.05, 0) is 42.0 Å². The number of carboxylic acid groups (broad SMARTS) is 1. The fourth-order valence-electron chi connectivity index (χ4n) is 3.18. The van der Waals surface area contributed by atoms with Crippen LogP contribution in [0, 0.1) is 5.82 Å². The van der Waals surface area contributed by atoms with E-state index in [1.807, 2.05) is 0 Å². The predicted octanol–water partition coefficient (Wildman–Crippen LogP) is 1.74. The number of carboxylic acids is 1. The van der Waals surface area contributed by atoms with E-state index in [1.165, 1.54) is 36.4 Å². The number of benzene rings is 2. The molecule has 30 heavy (non-hydrogen) atoms. The van der Waals surface area contributed by atoms with Crippen molar-refractivity contribution in [2.45, 2.75) is 10.9 Å². The lowest BCUT2D eigenvalue weighted by atomic mass is 10.1. The summed E-state index contributed by atoms with van der Waals surface area (Å²) < 4.78 is 45.0. The van der Waals surface area contributed by atoms with Gasteiger partial charge < -0.3 is 14.7 Å². The van der Waals surface area contributed by atoms with Crippen molar-refractivity contribution in [3.63, 3.8) is 0 Å². The van der Waals surface area contributed by atoms with Gasteiger partial charge in [-0.2, -0.15) is 4.31 Å². The first-order chi connectivity index (χ1) is 14.2. The van der Waals surface area contributed by atoms with Crippen LogP contribution in [0.1, 0.15) is 22.0 Å². The number of morpholine rings is 1. The summed E-state index contributed by atoms with van der Waals surface area (Å²) in [6, 6.07) is 8.37. The number of amides is 1. The van der Waals surface area contributed by atoms with E-state index in [2.05, 4.69) is 0 Å². The SMILES string of the molecule is CN(C(C(=O)O)c1ccc(F)cc1)S(=O)(=O)c1ccc(C(=O)N2CCOCC2)cc1. The van der Waals surface area contributed by atoms with Crippen molar-refractivity contribution in [3.05, 3.63) is 65.5 Å². The van der Waals surface area contributed by atoms with Crippen molar-refractivity contribution in [2.75, 3.05) is 33.4 Å². The highest BCUT2D eigenvalue weighted by Crippen LogP contribution is 2.27. The zero-order valence-electron chi connectivity index (χ0n) is 16.2. The van der Waals surface area contributed by atoms with Gasteiger partial charge >= 0.3 is 5.97 Å². The minimum Gasteiger partial charge on any atom is -0.480 e. The Kier molecular flexibility index (Phi) is 6.49. The number of carbonyl (C=O) groups excluding carboxylic acids is 1. The normalized spacial score (nSPS) is 15.8. The van der Waals surface area contributed by atoms with Crippen molar-refractivity contribution in [1.82, 2.24) is 9.21 Å². The fraction of sp³-hybridized carbons (Fsp3) is 0.300. The Balaban J connectivity index is 1.85. The van der Waals surface area contributed by atoms with E-state index >= 15 is 0 Å². The van der Waals surface area contributed by atoms with Crippen molar-refractivity contribution in [2.24, 2.45) is 0 Å². The lowest BCUT2D eigenvalue weighted by Gasteiger charge is -2.27. The molecule has 0 bridgehead atoms. The second-order valence-electron chi connectivity index (χ2n) is 6.74. The molecule has 8 nitrogen and oxygen atoms in total. The van der Waals surface area contributed by atoms with Crippen LogP contribution in [0.25, 0.3) is 0 Å². The third-order valence-corrected chi connectivity index (χ3v) is 6.70. The van der Waals surface area contributed by atoms with Crippen molar-refractivity contribution < 1.29 is 32.2 Å². The number of ether oxygens (including phenoxy) is 1. The number of sulfonamides is 1. The minimum atomic E-state index is -4.19. The molecule has 1 atom stereocenters. The van der Waals surface area contributed by atoms with Crippen LogP contribution in [-0.4, -0.2) is 68.0 Å². The highest BCUT2D eigenvalue weighted by molar-refractivity contribution is 7.89. The van der Waals surface area contributed by atoms with Crippen LogP contribution in [-0.2, 0) is 19.6 Å². The average Bonchev–Trinajstić information content (AvgIpc) is 2.75. The predicted molar refractivity (Wildman–Crippen MR) is 105 cm³/mol. The Morgan fingerprint density at radius 2 is 1.63 bits per heavy atom. The Morgan fingerprint density at radius 1 is 1.07 bits per heavy atom. The summed E-state index contributed by atoms with van der Waals surface area (Å²) in [6.07, 6.45) is 0. The maximum absolute atomic E-state index is 13.2. The zero-order valence-corrected chi connectivity index (χ0v) is 17.0. The summed E-state index contributed by atoms with van der Waals surface area (Å²) in [5.41, 5.74) is 0.445. The first-order valence-corrected chi connectivity index (χ1v) is 10.6. The third-order valence-electron chi connectivity index (χ3n) is 4.86. The molecule has 1 N–H and O–H groups in total. The zero-order chi connectivity index (χ0) is 21.9.